The van der Waals surface area contributed by atoms with Crippen molar-refractivity contribution >= 4 is 28.8 Å². The Morgan fingerprint density at radius 1 is 1.07 bits per heavy atom. The Bertz CT molecular complexity index is 1200. The lowest BCUT2D eigenvalue weighted by Crippen LogP contribution is -2.27. The maximum Gasteiger partial charge on any atom is 0.204 e. The maximum absolute atomic E-state index is 5.82. The van der Waals surface area contributed by atoms with Gasteiger partial charge in [-0.2, -0.15) is 5.10 Å². The Hall–Kier alpha value is -2.90. The van der Waals surface area contributed by atoms with Gasteiger partial charge in [0.05, 0.1) is 19.3 Å². The molecular formula is C22H24N4O2S. The minimum absolute atomic E-state index is 0.575. The Morgan fingerprint density at radius 3 is 2.55 bits per heavy atom. The van der Waals surface area contributed by atoms with Crippen LogP contribution in [0.15, 0.2) is 54.6 Å². The van der Waals surface area contributed by atoms with Gasteiger partial charge in [-0.05, 0) is 68.2 Å². The third-order valence-electron chi connectivity index (χ3n) is 4.96. The van der Waals surface area contributed by atoms with Crippen LogP contribution in [0.5, 0.6) is 11.5 Å². The molecular weight excluding hydrogens is 384 g/mol. The highest BCUT2D eigenvalue weighted by molar-refractivity contribution is 7.71. The van der Waals surface area contributed by atoms with Gasteiger partial charge in [0.25, 0.3) is 0 Å². The van der Waals surface area contributed by atoms with E-state index in [0.717, 1.165) is 29.2 Å². The lowest BCUT2D eigenvalue weighted by atomic mass is 10.1. The van der Waals surface area contributed by atoms with E-state index in [4.69, 9.17) is 26.8 Å². The zero-order valence-electron chi connectivity index (χ0n) is 16.8. The van der Waals surface area contributed by atoms with Gasteiger partial charge in [0.15, 0.2) is 5.65 Å². The maximum atomic E-state index is 5.82. The number of hydrogen-bond donors (Lipinski definition) is 0. The van der Waals surface area contributed by atoms with Crippen LogP contribution in [-0.4, -0.2) is 46.4 Å². The largest absolute Gasteiger partial charge is 0.497 e. The highest BCUT2D eigenvalue weighted by atomic mass is 32.1. The predicted molar refractivity (Wildman–Crippen MR) is 117 cm³/mol. The van der Waals surface area contributed by atoms with Gasteiger partial charge in [0.2, 0.25) is 4.77 Å². The molecule has 0 amide bonds. The summed E-state index contributed by atoms with van der Waals surface area (Å²) in [4.78, 5) is 2.14. The number of aromatic nitrogens is 3. The third kappa shape index (κ3) is 3.97. The van der Waals surface area contributed by atoms with Gasteiger partial charge in [0, 0.05) is 11.9 Å². The number of aryl methyl sites for hydroxylation is 1. The van der Waals surface area contributed by atoms with Gasteiger partial charge in [-0.15, -0.1) is 0 Å². The van der Waals surface area contributed by atoms with Crippen LogP contribution in [0.4, 0.5) is 0 Å². The molecule has 2 aromatic heterocycles. The van der Waals surface area contributed by atoms with Crippen molar-refractivity contribution in [3.63, 3.8) is 0 Å². The van der Waals surface area contributed by atoms with Gasteiger partial charge in [-0.1, -0.05) is 18.2 Å². The molecule has 7 heteroatoms. The number of ether oxygens (including phenoxy) is 2. The molecule has 0 bridgehead atoms. The van der Waals surface area contributed by atoms with Crippen LogP contribution in [0.3, 0.4) is 0 Å². The second-order valence-electron chi connectivity index (χ2n) is 7.07. The molecule has 0 spiro atoms. The smallest absolute Gasteiger partial charge is 0.204 e. The van der Waals surface area contributed by atoms with E-state index in [9.17, 15) is 0 Å². The van der Waals surface area contributed by atoms with Crippen LogP contribution < -0.4 is 9.47 Å². The molecule has 2 aromatic carbocycles. The Kier molecular flexibility index (Phi) is 5.51. The molecule has 0 fully saturated rings. The van der Waals surface area contributed by atoms with Crippen molar-refractivity contribution in [3.8, 4) is 11.5 Å². The number of pyridine rings is 1. The van der Waals surface area contributed by atoms with E-state index in [1.54, 1.807) is 7.11 Å². The second kappa shape index (κ2) is 8.23. The molecule has 0 atom stereocenters. The van der Waals surface area contributed by atoms with Crippen molar-refractivity contribution in [2.24, 2.45) is 0 Å². The third-order valence-corrected chi connectivity index (χ3v) is 5.35. The Balaban J connectivity index is 1.46. The monoisotopic (exact) mass is 408 g/mol. The Morgan fingerprint density at radius 2 is 1.79 bits per heavy atom. The molecule has 0 saturated carbocycles. The summed E-state index contributed by atoms with van der Waals surface area (Å²) in [6, 6.07) is 18.0. The van der Waals surface area contributed by atoms with Crippen molar-refractivity contribution in [2.45, 2.75) is 13.6 Å². The predicted octanol–water partition coefficient (Wildman–Crippen LogP) is 4.30. The van der Waals surface area contributed by atoms with Crippen LogP contribution in [0.1, 0.15) is 5.56 Å². The van der Waals surface area contributed by atoms with Gasteiger partial charge in [-0.3, -0.25) is 9.30 Å². The molecule has 0 unspecified atom stereocenters. The summed E-state index contributed by atoms with van der Waals surface area (Å²) >= 11 is 5.72. The second-order valence-corrected chi connectivity index (χ2v) is 7.43. The van der Waals surface area contributed by atoms with E-state index in [2.05, 4.69) is 30.0 Å². The number of methoxy groups -OCH3 is 1. The highest BCUT2D eigenvalue weighted by Gasteiger charge is 2.11. The fourth-order valence-electron chi connectivity index (χ4n) is 3.40. The summed E-state index contributed by atoms with van der Waals surface area (Å²) in [7, 11) is 3.69. The normalized spacial score (nSPS) is 11.4. The van der Waals surface area contributed by atoms with Crippen molar-refractivity contribution in [1.29, 1.82) is 0 Å². The van der Waals surface area contributed by atoms with Gasteiger partial charge in [0.1, 0.15) is 18.1 Å². The molecule has 150 valence electrons. The molecule has 6 nitrogen and oxygen atoms in total. The van der Waals surface area contributed by atoms with Crippen molar-refractivity contribution < 1.29 is 9.47 Å². The van der Waals surface area contributed by atoms with E-state index in [1.807, 2.05) is 52.5 Å². The molecule has 0 radical (unpaired) electrons. The topological polar surface area (TPSA) is 43.9 Å². The fourth-order valence-corrected chi connectivity index (χ4v) is 3.69. The lowest BCUT2D eigenvalue weighted by molar-refractivity contribution is 0.198. The van der Waals surface area contributed by atoms with Crippen molar-refractivity contribution in [2.75, 3.05) is 27.3 Å². The first-order valence-electron chi connectivity index (χ1n) is 9.50. The van der Waals surface area contributed by atoms with Crippen molar-refractivity contribution in [1.82, 2.24) is 19.1 Å². The summed E-state index contributed by atoms with van der Waals surface area (Å²) in [5, 5.41) is 5.92. The van der Waals surface area contributed by atoms with Crippen LogP contribution >= 0.6 is 12.2 Å². The minimum atomic E-state index is 0.575. The summed E-state index contributed by atoms with van der Waals surface area (Å²) in [5.74, 6) is 1.64. The average Bonchev–Trinajstić information content (AvgIpc) is 3.03. The van der Waals surface area contributed by atoms with Crippen LogP contribution in [0, 0.1) is 11.7 Å². The van der Waals surface area contributed by atoms with Crippen LogP contribution in [-0.2, 0) is 6.67 Å². The highest BCUT2D eigenvalue weighted by Crippen LogP contribution is 2.21. The molecule has 0 aliphatic carbocycles. The quantitative estimate of drug-likeness (QED) is 0.427. The van der Waals surface area contributed by atoms with Crippen LogP contribution in [0.2, 0.25) is 0 Å². The number of rotatable bonds is 7. The van der Waals surface area contributed by atoms with Gasteiger partial charge < -0.3 is 9.47 Å². The molecule has 0 aliphatic rings. The van der Waals surface area contributed by atoms with Crippen LogP contribution in [0.25, 0.3) is 16.6 Å². The van der Waals surface area contributed by atoms with E-state index in [0.29, 0.717) is 18.0 Å². The van der Waals surface area contributed by atoms with Gasteiger partial charge in [-0.25, -0.2) is 4.68 Å². The zero-order valence-corrected chi connectivity index (χ0v) is 17.6. The Labute approximate surface area is 174 Å². The first-order valence-corrected chi connectivity index (χ1v) is 9.91. The number of likely N-dealkylation sites (N-methyl/N-ethyl adjacent to an activating group) is 1. The minimum Gasteiger partial charge on any atom is -0.497 e. The molecule has 4 aromatic rings. The number of para-hydroxylation sites is 1. The molecule has 0 saturated heterocycles. The molecule has 0 N–H and O–H groups in total. The molecule has 29 heavy (non-hydrogen) atoms. The first kappa shape index (κ1) is 19.4. The molecule has 2 heterocycles. The van der Waals surface area contributed by atoms with E-state index >= 15 is 0 Å². The average molecular weight is 409 g/mol. The molecule has 4 rings (SSSR count). The fraction of sp³-hybridized carbons (Fsp3) is 0.273. The summed E-state index contributed by atoms with van der Waals surface area (Å²) < 4.78 is 15.6. The van der Waals surface area contributed by atoms with E-state index in [1.165, 1.54) is 10.9 Å². The molecule has 0 aliphatic heterocycles. The standard InChI is InChI=1S/C22H24N4O2S/c1-16-14-21-23-25(22(29)26(21)20-7-5-4-6-19(16)20)15-24(2)12-13-28-18-10-8-17(27-3)9-11-18/h4-11,14H,12-13,15H2,1-3H3. The summed E-state index contributed by atoms with van der Waals surface area (Å²) in [5.41, 5.74) is 3.15. The van der Waals surface area contributed by atoms with Gasteiger partial charge >= 0.3 is 0 Å². The number of hydrogen-bond acceptors (Lipinski definition) is 5. The summed E-state index contributed by atoms with van der Waals surface area (Å²) in [6.45, 7) is 4.03. The number of fused-ring (bicyclic) bond motifs is 3. The zero-order chi connectivity index (χ0) is 20.4. The number of benzene rings is 2. The lowest BCUT2D eigenvalue weighted by Gasteiger charge is -2.16. The van der Waals surface area contributed by atoms with E-state index < -0.39 is 0 Å². The SMILES string of the molecule is COc1ccc(OCCN(C)Cn2nc3cc(C)c4ccccc4n3c2=S)cc1. The summed E-state index contributed by atoms with van der Waals surface area (Å²) in [6.07, 6.45) is 0. The first-order chi connectivity index (χ1) is 14.1. The van der Waals surface area contributed by atoms with E-state index in [-0.39, 0.29) is 0 Å². The number of nitrogens with zero attached hydrogens (tertiary/aromatic N) is 4. The van der Waals surface area contributed by atoms with Crippen molar-refractivity contribution in [3.05, 3.63) is 64.9 Å².